The maximum absolute atomic E-state index is 11.9. The van der Waals surface area contributed by atoms with Gasteiger partial charge in [0.25, 0.3) is 0 Å². The Morgan fingerprint density at radius 3 is 2.38 bits per heavy atom. The van der Waals surface area contributed by atoms with Crippen molar-refractivity contribution < 1.29 is 13.2 Å². The maximum Gasteiger partial charge on any atom is 0.390 e. The van der Waals surface area contributed by atoms with E-state index in [1.807, 2.05) is 6.92 Å². The highest BCUT2D eigenvalue weighted by Gasteiger charge is 2.26. The normalized spacial score (nSPS) is 14.4. The molecule has 1 atom stereocenters. The maximum atomic E-state index is 11.9. The summed E-state index contributed by atoms with van der Waals surface area (Å²) in [4.78, 5) is 1.74. The molecule has 0 heterocycles. The molecule has 0 bridgehead atoms. The van der Waals surface area contributed by atoms with Crippen molar-refractivity contribution in [2.24, 2.45) is 0 Å². The molecule has 0 radical (unpaired) electrons. The molecular weight excluding hydrogens is 217 g/mol. The van der Waals surface area contributed by atoms with Crippen LogP contribution in [0.5, 0.6) is 0 Å². The summed E-state index contributed by atoms with van der Waals surface area (Å²) in [7, 11) is 1.74. The van der Waals surface area contributed by atoms with E-state index in [0.717, 1.165) is 25.9 Å². The summed E-state index contributed by atoms with van der Waals surface area (Å²) in [6.07, 6.45) is -2.82. The lowest BCUT2D eigenvalue weighted by Crippen LogP contribution is -2.29. The Bertz CT molecular complexity index is 171. The van der Waals surface area contributed by atoms with Gasteiger partial charge in [-0.05, 0) is 39.9 Å². The molecule has 0 aromatic carbocycles. The topological polar surface area (TPSA) is 15.3 Å². The standard InChI is InChI=1S/C11H23F3N2/c1-4-15-10(2)6-5-8-16(3)9-7-11(12,13)14/h10,15H,4-9H2,1-3H3. The SMILES string of the molecule is CCNC(C)CCCN(C)CCC(F)(F)F. The Morgan fingerprint density at radius 2 is 1.88 bits per heavy atom. The quantitative estimate of drug-likeness (QED) is 0.701. The largest absolute Gasteiger partial charge is 0.390 e. The fourth-order valence-electron chi connectivity index (χ4n) is 1.55. The fourth-order valence-corrected chi connectivity index (χ4v) is 1.55. The molecule has 0 fully saturated rings. The number of hydrogen-bond acceptors (Lipinski definition) is 2. The van der Waals surface area contributed by atoms with E-state index in [1.165, 1.54) is 0 Å². The Kier molecular flexibility index (Phi) is 7.76. The highest BCUT2D eigenvalue weighted by atomic mass is 19.4. The van der Waals surface area contributed by atoms with Crippen LogP contribution in [0.4, 0.5) is 13.2 Å². The summed E-state index contributed by atoms with van der Waals surface area (Å²) in [6, 6.07) is 0.445. The fraction of sp³-hybridized carbons (Fsp3) is 1.00. The van der Waals surface area contributed by atoms with Crippen molar-refractivity contribution in [3.8, 4) is 0 Å². The lowest BCUT2D eigenvalue weighted by atomic mass is 10.2. The zero-order valence-electron chi connectivity index (χ0n) is 10.4. The Balaban J connectivity index is 3.47. The first-order valence-corrected chi connectivity index (χ1v) is 5.84. The average molecular weight is 240 g/mol. The van der Waals surface area contributed by atoms with Crippen LogP contribution in [-0.2, 0) is 0 Å². The van der Waals surface area contributed by atoms with Crippen LogP contribution in [0.25, 0.3) is 0 Å². The number of hydrogen-bond donors (Lipinski definition) is 1. The zero-order valence-corrected chi connectivity index (χ0v) is 10.4. The van der Waals surface area contributed by atoms with Crippen LogP contribution in [0, 0.1) is 0 Å². The van der Waals surface area contributed by atoms with Crippen LogP contribution in [0.15, 0.2) is 0 Å². The van der Waals surface area contributed by atoms with E-state index in [2.05, 4.69) is 12.2 Å². The molecule has 0 aromatic rings. The number of alkyl halides is 3. The lowest BCUT2D eigenvalue weighted by Gasteiger charge is -2.19. The van der Waals surface area contributed by atoms with Gasteiger partial charge in [-0.25, -0.2) is 0 Å². The number of nitrogens with zero attached hydrogens (tertiary/aromatic N) is 1. The Hall–Kier alpha value is -0.290. The first kappa shape index (κ1) is 15.7. The zero-order chi connectivity index (χ0) is 12.6. The Labute approximate surface area is 96.2 Å². The first-order chi connectivity index (χ1) is 7.35. The molecule has 0 aromatic heterocycles. The number of rotatable bonds is 8. The van der Waals surface area contributed by atoms with Crippen LogP contribution in [0.3, 0.4) is 0 Å². The lowest BCUT2D eigenvalue weighted by molar-refractivity contribution is -0.137. The van der Waals surface area contributed by atoms with Gasteiger partial charge in [-0.2, -0.15) is 13.2 Å². The van der Waals surface area contributed by atoms with E-state index in [1.54, 1.807) is 11.9 Å². The number of nitrogens with one attached hydrogen (secondary N) is 1. The molecule has 1 N–H and O–H groups in total. The molecule has 0 saturated heterocycles. The van der Waals surface area contributed by atoms with E-state index < -0.39 is 12.6 Å². The van der Waals surface area contributed by atoms with E-state index in [4.69, 9.17) is 0 Å². The highest BCUT2D eigenvalue weighted by Crippen LogP contribution is 2.19. The van der Waals surface area contributed by atoms with E-state index in [9.17, 15) is 13.2 Å². The molecule has 0 aliphatic rings. The van der Waals surface area contributed by atoms with Crippen molar-refractivity contribution in [2.45, 2.75) is 45.3 Å². The molecule has 16 heavy (non-hydrogen) atoms. The third-order valence-corrected chi connectivity index (χ3v) is 2.51. The molecule has 0 aliphatic carbocycles. The third kappa shape index (κ3) is 10.2. The first-order valence-electron chi connectivity index (χ1n) is 5.84. The third-order valence-electron chi connectivity index (χ3n) is 2.51. The predicted octanol–water partition coefficient (Wildman–Crippen LogP) is 2.65. The summed E-state index contributed by atoms with van der Waals surface area (Å²) in [6.45, 7) is 5.90. The molecule has 1 unspecified atom stereocenters. The van der Waals surface area contributed by atoms with E-state index in [-0.39, 0.29) is 6.54 Å². The second-order valence-corrected chi connectivity index (χ2v) is 4.27. The Morgan fingerprint density at radius 1 is 1.25 bits per heavy atom. The van der Waals surface area contributed by atoms with Crippen molar-refractivity contribution in [1.29, 1.82) is 0 Å². The predicted molar refractivity (Wildman–Crippen MR) is 60.5 cm³/mol. The minimum Gasteiger partial charge on any atom is -0.315 e. The van der Waals surface area contributed by atoms with Crippen LogP contribution in [0.2, 0.25) is 0 Å². The van der Waals surface area contributed by atoms with Gasteiger partial charge in [0.1, 0.15) is 0 Å². The van der Waals surface area contributed by atoms with Gasteiger partial charge in [-0.1, -0.05) is 6.92 Å². The van der Waals surface area contributed by atoms with Gasteiger partial charge in [0, 0.05) is 12.6 Å². The summed E-state index contributed by atoms with van der Waals surface area (Å²) < 4.78 is 35.8. The van der Waals surface area contributed by atoms with Gasteiger partial charge in [-0.3, -0.25) is 0 Å². The molecular formula is C11H23F3N2. The second kappa shape index (κ2) is 7.90. The highest BCUT2D eigenvalue weighted by molar-refractivity contribution is 4.62. The van der Waals surface area contributed by atoms with Crippen LogP contribution in [0.1, 0.15) is 33.1 Å². The monoisotopic (exact) mass is 240 g/mol. The summed E-state index contributed by atoms with van der Waals surface area (Å²) in [5, 5.41) is 3.28. The summed E-state index contributed by atoms with van der Waals surface area (Å²) in [5.41, 5.74) is 0. The van der Waals surface area contributed by atoms with Gasteiger partial charge >= 0.3 is 6.18 Å². The minimum absolute atomic E-state index is 0.0963. The van der Waals surface area contributed by atoms with Gasteiger partial charge in [0.15, 0.2) is 0 Å². The van der Waals surface area contributed by atoms with Crippen molar-refractivity contribution in [3.63, 3.8) is 0 Å². The van der Waals surface area contributed by atoms with Gasteiger partial charge in [0.05, 0.1) is 6.42 Å². The molecule has 98 valence electrons. The molecule has 0 aliphatic heterocycles. The van der Waals surface area contributed by atoms with Gasteiger partial charge < -0.3 is 10.2 Å². The summed E-state index contributed by atoms with van der Waals surface area (Å²) in [5.74, 6) is 0. The van der Waals surface area contributed by atoms with Crippen LogP contribution >= 0.6 is 0 Å². The molecule has 0 spiro atoms. The van der Waals surface area contributed by atoms with Crippen molar-refractivity contribution in [2.75, 3.05) is 26.7 Å². The molecule has 5 heteroatoms. The molecule has 0 saturated carbocycles. The average Bonchev–Trinajstić information content (AvgIpc) is 2.14. The second-order valence-electron chi connectivity index (χ2n) is 4.27. The molecule has 2 nitrogen and oxygen atoms in total. The smallest absolute Gasteiger partial charge is 0.315 e. The van der Waals surface area contributed by atoms with E-state index in [0.29, 0.717) is 6.04 Å². The summed E-state index contributed by atoms with van der Waals surface area (Å²) >= 11 is 0. The minimum atomic E-state index is -4.04. The molecule has 0 amide bonds. The molecule has 0 rings (SSSR count). The van der Waals surface area contributed by atoms with Crippen molar-refractivity contribution in [1.82, 2.24) is 10.2 Å². The van der Waals surface area contributed by atoms with Crippen molar-refractivity contribution >= 4 is 0 Å². The van der Waals surface area contributed by atoms with Gasteiger partial charge in [-0.15, -0.1) is 0 Å². The van der Waals surface area contributed by atoms with E-state index >= 15 is 0 Å². The number of halogens is 3. The van der Waals surface area contributed by atoms with Crippen LogP contribution in [-0.4, -0.2) is 43.8 Å². The van der Waals surface area contributed by atoms with Crippen molar-refractivity contribution in [3.05, 3.63) is 0 Å². The van der Waals surface area contributed by atoms with Gasteiger partial charge in [0.2, 0.25) is 0 Å². The van der Waals surface area contributed by atoms with Crippen LogP contribution < -0.4 is 5.32 Å².